The third kappa shape index (κ3) is 3.75. The molecule has 0 saturated carbocycles. The quantitative estimate of drug-likeness (QED) is 0.871. The normalized spacial score (nSPS) is 11.8. The van der Waals surface area contributed by atoms with Gasteiger partial charge in [-0.05, 0) is 23.8 Å². The van der Waals surface area contributed by atoms with E-state index in [9.17, 15) is 17.6 Å². The third-order valence-corrected chi connectivity index (χ3v) is 2.30. The predicted octanol–water partition coefficient (Wildman–Crippen LogP) is 2.52. The van der Waals surface area contributed by atoms with Crippen molar-refractivity contribution in [3.8, 4) is 0 Å². The van der Waals surface area contributed by atoms with Crippen LogP contribution in [-0.4, -0.2) is 10.1 Å². The molecule has 4 nitrogen and oxygen atoms in total. The lowest BCUT2D eigenvalue weighted by Gasteiger charge is -2.09. The van der Waals surface area contributed by atoms with Gasteiger partial charge in [0.25, 0.3) is 0 Å². The summed E-state index contributed by atoms with van der Waals surface area (Å²) in [4.78, 5) is 3.73. The molecule has 102 valence electrons. The number of alkyl halides is 3. The predicted molar refractivity (Wildman–Crippen MR) is 56.2 cm³/mol. The SMILES string of the molecule is Fc1cc(CNCc2ncon2)cc(C(F)(F)F)c1. The minimum Gasteiger partial charge on any atom is -0.343 e. The number of halogens is 4. The highest BCUT2D eigenvalue weighted by Gasteiger charge is 2.31. The summed E-state index contributed by atoms with van der Waals surface area (Å²) in [7, 11) is 0. The van der Waals surface area contributed by atoms with Crippen LogP contribution in [0.3, 0.4) is 0 Å². The number of hydrogen-bond acceptors (Lipinski definition) is 4. The average Bonchev–Trinajstić information content (AvgIpc) is 2.80. The molecule has 1 heterocycles. The van der Waals surface area contributed by atoms with E-state index in [2.05, 4.69) is 20.0 Å². The molecule has 0 bridgehead atoms. The molecule has 0 spiro atoms. The summed E-state index contributed by atoms with van der Waals surface area (Å²) in [5, 5.41) is 6.31. The summed E-state index contributed by atoms with van der Waals surface area (Å²) in [5.74, 6) is -0.557. The van der Waals surface area contributed by atoms with Crippen LogP contribution in [-0.2, 0) is 19.3 Å². The van der Waals surface area contributed by atoms with E-state index in [0.717, 1.165) is 18.5 Å². The van der Waals surface area contributed by atoms with Gasteiger partial charge in [-0.1, -0.05) is 5.16 Å². The first-order valence-corrected chi connectivity index (χ1v) is 5.28. The van der Waals surface area contributed by atoms with Crippen molar-refractivity contribution < 1.29 is 22.1 Å². The van der Waals surface area contributed by atoms with Gasteiger partial charge in [0.05, 0.1) is 12.1 Å². The Kier molecular flexibility index (Phi) is 3.79. The van der Waals surface area contributed by atoms with Gasteiger partial charge in [0.2, 0.25) is 6.39 Å². The Morgan fingerprint density at radius 3 is 2.58 bits per heavy atom. The van der Waals surface area contributed by atoms with Crippen molar-refractivity contribution in [2.45, 2.75) is 19.3 Å². The maximum atomic E-state index is 13.1. The molecule has 2 aromatic rings. The Labute approximate surface area is 105 Å². The Bertz CT molecular complexity index is 539. The molecule has 0 unspecified atom stereocenters. The molecule has 0 fully saturated rings. The zero-order valence-corrected chi connectivity index (χ0v) is 9.54. The first-order valence-electron chi connectivity index (χ1n) is 5.28. The minimum atomic E-state index is -4.56. The van der Waals surface area contributed by atoms with Gasteiger partial charge in [-0.2, -0.15) is 18.2 Å². The van der Waals surface area contributed by atoms with Crippen molar-refractivity contribution >= 4 is 0 Å². The number of hydrogen-bond donors (Lipinski definition) is 1. The summed E-state index contributed by atoms with van der Waals surface area (Å²) in [6, 6.07) is 2.40. The highest BCUT2D eigenvalue weighted by atomic mass is 19.4. The van der Waals surface area contributed by atoms with E-state index in [0.29, 0.717) is 11.9 Å². The standard InChI is InChI=1S/C11H9F4N3O/c12-9-2-7(1-8(3-9)11(13,14)15)4-16-5-10-17-6-19-18-10/h1-3,6,16H,4-5H2. The van der Waals surface area contributed by atoms with E-state index in [4.69, 9.17) is 0 Å². The van der Waals surface area contributed by atoms with Crippen molar-refractivity contribution in [2.75, 3.05) is 0 Å². The molecule has 1 aromatic carbocycles. The molecule has 0 aliphatic carbocycles. The Hall–Kier alpha value is -1.96. The summed E-state index contributed by atoms with van der Waals surface area (Å²) >= 11 is 0. The lowest BCUT2D eigenvalue weighted by atomic mass is 10.1. The Morgan fingerprint density at radius 1 is 1.16 bits per heavy atom. The van der Waals surface area contributed by atoms with Crippen molar-refractivity contribution in [1.82, 2.24) is 15.5 Å². The van der Waals surface area contributed by atoms with Crippen LogP contribution in [0.25, 0.3) is 0 Å². The van der Waals surface area contributed by atoms with Crippen LogP contribution >= 0.6 is 0 Å². The largest absolute Gasteiger partial charge is 0.416 e. The van der Waals surface area contributed by atoms with E-state index in [1.165, 1.54) is 0 Å². The van der Waals surface area contributed by atoms with E-state index < -0.39 is 17.6 Å². The van der Waals surface area contributed by atoms with Crippen LogP contribution in [0.4, 0.5) is 17.6 Å². The number of rotatable bonds is 4. The number of nitrogens with one attached hydrogen (secondary N) is 1. The highest BCUT2D eigenvalue weighted by Crippen LogP contribution is 2.30. The molecule has 0 amide bonds. The maximum Gasteiger partial charge on any atom is 0.416 e. The Morgan fingerprint density at radius 2 is 1.95 bits per heavy atom. The van der Waals surface area contributed by atoms with Crippen LogP contribution in [0.5, 0.6) is 0 Å². The summed E-state index contributed by atoms with van der Waals surface area (Å²) < 4.78 is 55.0. The summed E-state index contributed by atoms with van der Waals surface area (Å²) in [6.45, 7) is 0.281. The molecule has 0 radical (unpaired) electrons. The van der Waals surface area contributed by atoms with Crippen LogP contribution in [0, 0.1) is 5.82 Å². The van der Waals surface area contributed by atoms with Gasteiger partial charge < -0.3 is 9.84 Å². The van der Waals surface area contributed by atoms with Gasteiger partial charge in [0, 0.05) is 6.54 Å². The van der Waals surface area contributed by atoms with Gasteiger partial charge in [-0.25, -0.2) is 4.39 Å². The lowest BCUT2D eigenvalue weighted by molar-refractivity contribution is -0.137. The topological polar surface area (TPSA) is 51.0 Å². The molecule has 0 aliphatic heterocycles. The lowest BCUT2D eigenvalue weighted by Crippen LogP contribution is -2.15. The van der Waals surface area contributed by atoms with Gasteiger partial charge in [0.15, 0.2) is 5.82 Å². The fraction of sp³-hybridized carbons (Fsp3) is 0.273. The van der Waals surface area contributed by atoms with E-state index in [-0.39, 0.29) is 18.7 Å². The number of benzene rings is 1. The third-order valence-electron chi connectivity index (χ3n) is 2.30. The molecule has 8 heteroatoms. The molecule has 1 aromatic heterocycles. The van der Waals surface area contributed by atoms with Crippen molar-refractivity contribution in [3.63, 3.8) is 0 Å². The van der Waals surface area contributed by atoms with E-state index in [1.807, 2.05) is 0 Å². The number of aromatic nitrogens is 2. The zero-order valence-electron chi connectivity index (χ0n) is 9.54. The van der Waals surface area contributed by atoms with Crippen LogP contribution in [0.1, 0.15) is 17.0 Å². The molecule has 19 heavy (non-hydrogen) atoms. The highest BCUT2D eigenvalue weighted by molar-refractivity contribution is 5.26. The van der Waals surface area contributed by atoms with Crippen LogP contribution in [0.15, 0.2) is 29.1 Å². The van der Waals surface area contributed by atoms with Crippen molar-refractivity contribution in [2.24, 2.45) is 0 Å². The Balaban J connectivity index is 2.02. The molecular formula is C11H9F4N3O. The monoisotopic (exact) mass is 275 g/mol. The van der Waals surface area contributed by atoms with Gasteiger partial charge in [0.1, 0.15) is 5.82 Å². The summed E-state index contributed by atoms with van der Waals surface area (Å²) in [5.41, 5.74) is -0.820. The molecule has 0 aliphatic rings. The summed E-state index contributed by atoms with van der Waals surface area (Å²) in [6.07, 6.45) is -3.43. The smallest absolute Gasteiger partial charge is 0.343 e. The fourth-order valence-electron chi connectivity index (χ4n) is 1.51. The first-order chi connectivity index (χ1) is 8.95. The van der Waals surface area contributed by atoms with E-state index in [1.54, 1.807) is 0 Å². The van der Waals surface area contributed by atoms with Crippen molar-refractivity contribution in [1.29, 1.82) is 0 Å². The molecule has 1 N–H and O–H groups in total. The van der Waals surface area contributed by atoms with Gasteiger partial charge >= 0.3 is 6.18 Å². The first kappa shape index (κ1) is 13.5. The average molecular weight is 275 g/mol. The van der Waals surface area contributed by atoms with Crippen LogP contribution in [0.2, 0.25) is 0 Å². The molecule has 0 atom stereocenters. The van der Waals surface area contributed by atoms with E-state index >= 15 is 0 Å². The minimum absolute atomic E-state index is 0.0649. The number of nitrogens with zero attached hydrogens (tertiary/aromatic N) is 2. The zero-order chi connectivity index (χ0) is 13.9. The maximum absolute atomic E-state index is 13.1. The van der Waals surface area contributed by atoms with Crippen molar-refractivity contribution in [3.05, 3.63) is 47.4 Å². The fourth-order valence-corrected chi connectivity index (χ4v) is 1.51. The second kappa shape index (κ2) is 5.35. The van der Waals surface area contributed by atoms with Gasteiger partial charge in [-0.3, -0.25) is 0 Å². The molecule has 2 rings (SSSR count). The second-order valence-corrected chi connectivity index (χ2v) is 3.80. The second-order valence-electron chi connectivity index (χ2n) is 3.80. The van der Waals surface area contributed by atoms with Crippen LogP contribution < -0.4 is 5.32 Å². The molecular weight excluding hydrogens is 266 g/mol. The van der Waals surface area contributed by atoms with Gasteiger partial charge in [-0.15, -0.1) is 0 Å². The molecule has 0 saturated heterocycles.